The van der Waals surface area contributed by atoms with Crippen molar-refractivity contribution in [3.8, 4) is 22.9 Å². The van der Waals surface area contributed by atoms with Crippen molar-refractivity contribution in [1.29, 1.82) is 0 Å². The third-order valence-electron chi connectivity index (χ3n) is 3.98. The Morgan fingerprint density at radius 2 is 1.89 bits per heavy atom. The molecular formula is C18H17FN2O5S. The van der Waals surface area contributed by atoms with Crippen LogP contribution in [-0.4, -0.2) is 36.7 Å². The van der Waals surface area contributed by atoms with Crippen LogP contribution in [0.5, 0.6) is 11.6 Å². The highest BCUT2D eigenvalue weighted by molar-refractivity contribution is 7.90. The molecule has 142 valence electrons. The van der Waals surface area contributed by atoms with Gasteiger partial charge in [0.1, 0.15) is 16.4 Å². The van der Waals surface area contributed by atoms with Crippen LogP contribution < -0.4 is 9.47 Å². The molecule has 0 unspecified atom stereocenters. The monoisotopic (exact) mass is 392 g/mol. The molecule has 0 aliphatic rings. The zero-order chi connectivity index (χ0) is 19.6. The van der Waals surface area contributed by atoms with Crippen LogP contribution in [-0.2, 0) is 16.6 Å². The molecule has 0 aliphatic carbocycles. The first-order valence-corrected chi connectivity index (χ1v) is 9.27. The fourth-order valence-corrected chi connectivity index (χ4v) is 4.04. The minimum absolute atomic E-state index is 0.0181. The Kier molecular flexibility index (Phi) is 5.15. The summed E-state index contributed by atoms with van der Waals surface area (Å²) in [5, 5.41) is 9.60. The van der Waals surface area contributed by atoms with Crippen LogP contribution in [0.4, 0.5) is 4.39 Å². The van der Waals surface area contributed by atoms with E-state index < -0.39 is 22.4 Å². The lowest BCUT2D eigenvalue weighted by Gasteiger charge is -2.13. The van der Waals surface area contributed by atoms with Crippen molar-refractivity contribution < 1.29 is 27.4 Å². The lowest BCUT2D eigenvalue weighted by Crippen LogP contribution is -2.14. The minimum Gasteiger partial charge on any atom is -0.494 e. The molecule has 1 N–H and O–H groups in total. The number of pyridine rings is 1. The molecule has 0 saturated heterocycles. The van der Waals surface area contributed by atoms with Gasteiger partial charge >= 0.3 is 0 Å². The molecule has 0 fully saturated rings. The van der Waals surface area contributed by atoms with Crippen LogP contribution in [0, 0.1) is 5.82 Å². The number of nitrogens with zero attached hydrogens (tertiary/aromatic N) is 2. The number of benzene rings is 1. The predicted molar refractivity (Wildman–Crippen MR) is 95.7 cm³/mol. The van der Waals surface area contributed by atoms with Gasteiger partial charge in [-0.1, -0.05) is 12.1 Å². The van der Waals surface area contributed by atoms with Crippen molar-refractivity contribution in [2.75, 3.05) is 14.2 Å². The smallest absolute Gasteiger partial charge is 0.269 e. The first-order valence-electron chi connectivity index (χ1n) is 7.83. The van der Waals surface area contributed by atoms with Gasteiger partial charge in [0.25, 0.3) is 10.0 Å². The minimum atomic E-state index is -4.14. The van der Waals surface area contributed by atoms with Crippen molar-refractivity contribution in [2.24, 2.45) is 0 Å². The summed E-state index contributed by atoms with van der Waals surface area (Å²) in [4.78, 5) is 3.79. The molecule has 27 heavy (non-hydrogen) atoms. The van der Waals surface area contributed by atoms with E-state index in [9.17, 15) is 17.9 Å². The third kappa shape index (κ3) is 3.26. The largest absolute Gasteiger partial charge is 0.494 e. The summed E-state index contributed by atoms with van der Waals surface area (Å²) in [6.45, 7) is -0.478. The van der Waals surface area contributed by atoms with Crippen LogP contribution in [0.25, 0.3) is 11.3 Å². The average Bonchev–Trinajstić information content (AvgIpc) is 3.07. The van der Waals surface area contributed by atoms with Gasteiger partial charge in [0.15, 0.2) is 5.75 Å². The fraction of sp³-hybridized carbons (Fsp3) is 0.167. The number of hydrogen-bond donors (Lipinski definition) is 1. The highest BCUT2D eigenvalue weighted by atomic mass is 32.2. The molecule has 2 aromatic heterocycles. The first kappa shape index (κ1) is 18.9. The summed E-state index contributed by atoms with van der Waals surface area (Å²) in [6, 6.07) is 8.46. The van der Waals surface area contributed by atoms with Crippen molar-refractivity contribution >= 4 is 10.0 Å². The van der Waals surface area contributed by atoms with E-state index >= 15 is 0 Å². The van der Waals surface area contributed by atoms with E-state index in [1.807, 2.05) is 0 Å². The predicted octanol–water partition coefficient (Wildman–Crippen LogP) is 2.44. The van der Waals surface area contributed by atoms with E-state index in [1.54, 1.807) is 6.07 Å². The lowest BCUT2D eigenvalue weighted by atomic mass is 10.1. The number of aliphatic hydroxyl groups is 1. The van der Waals surface area contributed by atoms with Crippen LogP contribution in [0.2, 0.25) is 0 Å². The van der Waals surface area contributed by atoms with Gasteiger partial charge in [-0.2, -0.15) is 0 Å². The summed E-state index contributed by atoms with van der Waals surface area (Å²) in [7, 11) is -1.40. The zero-order valence-corrected chi connectivity index (χ0v) is 15.4. The Labute approximate surface area is 155 Å². The fourth-order valence-electron chi connectivity index (χ4n) is 2.69. The van der Waals surface area contributed by atoms with Crippen molar-refractivity contribution in [1.82, 2.24) is 8.96 Å². The van der Waals surface area contributed by atoms with Crippen molar-refractivity contribution in [3.05, 3.63) is 60.2 Å². The molecule has 0 radical (unpaired) electrons. The molecule has 0 bridgehead atoms. The lowest BCUT2D eigenvalue weighted by molar-refractivity contribution is 0.274. The molecule has 3 rings (SSSR count). The quantitative estimate of drug-likeness (QED) is 0.693. The zero-order valence-electron chi connectivity index (χ0n) is 14.6. The van der Waals surface area contributed by atoms with Gasteiger partial charge in [-0.25, -0.2) is 21.8 Å². The van der Waals surface area contributed by atoms with E-state index in [2.05, 4.69) is 4.98 Å². The Balaban J connectivity index is 2.29. The molecule has 0 aliphatic heterocycles. The number of hydrogen-bond acceptors (Lipinski definition) is 6. The van der Waals surface area contributed by atoms with Gasteiger partial charge in [-0.15, -0.1) is 0 Å². The SMILES string of the molecule is COc1ccc(S(=O)(=O)n2cc(CO)c(OC)c2-c2ccccc2F)cn1. The molecular weight excluding hydrogens is 375 g/mol. The van der Waals surface area contributed by atoms with Gasteiger partial charge in [0, 0.05) is 23.4 Å². The maximum Gasteiger partial charge on any atom is 0.269 e. The van der Waals surface area contributed by atoms with Crippen LogP contribution in [0.15, 0.2) is 53.7 Å². The van der Waals surface area contributed by atoms with E-state index in [-0.39, 0.29) is 33.3 Å². The summed E-state index contributed by atoms with van der Waals surface area (Å²) < 4.78 is 51.8. The summed E-state index contributed by atoms with van der Waals surface area (Å²) >= 11 is 0. The Hall–Kier alpha value is -2.91. The number of ether oxygens (including phenoxy) is 2. The third-order valence-corrected chi connectivity index (χ3v) is 5.62. The summed E-state index contributed by atoms with van der Waals surface area (Å²) in [5.41, 5.74) is 0.218. The summed E-state index contributed by atoms with van der Waals surface area (Å²) in [6.07, 6.45) is 2.35. The van der Waals surface area contributed by atoms with Gasteiger partial charge < -0.3 is 14.6 Å². The topological polar surface area (TPSA) is 90.7 Å². The highest BCUT2D eigenvalue weighted by Crippen LogP contribution is 2.38. The molecule has 0 spiro atoms. The van der Waals surface area contributed by atoms with Gasteiger partial charge in [-0.3, -0.25) is 0 Å². The van der Waals surface area contributed by atoms with Crippen LogP contribution in [0.1, 0.15) is 5.56 Å². The Bertz CT molecular complexity index is 1060. The number of aromatic nitrogens is 2. The van der Waals surface area contributed by atoms with Crippen molar-refractivity contribution in [2.45, 2.75) is 11.5 Å². The van der Waals surface area contributed by atoms with E-state index in [4.69, 9.17) is 9.47 Å². The van der Waals surface area contributed by atoms with Gasteiger partial charge in [0.2, 0.25) is 5.88 Å². The van der Waals surface area contributed by atoms with Crippen LogP contribution >= 0.6 is 0 Å². The van der Waals surface area contributed by atoms with E-state index in [1.165, 1.54) is 50.7 Å². The number of aliphatic hydroxyl groups excluding tert-OH is 1. The van der Waals surface area contributed by atoms with E-state index in [0.29, 0.717) is 0 Å². The highest BCUT2D eigenvalue weighted by Gasteiger charge is 2.28. The van der Waals surface area contributed by atoms with Crippen molar-refractivity contribution in [3.63, 3.8) is 0 Å². The van der Waals surface area contributed by atoms with E-state index in [0.717, 1.165) is 10.2 Å². The second-order valence-electron chi connectivity index (χ2n) is 5.51. The van der Waals surface area contributed by atoms with Crippen LogP contribution in [0.3, 0.4) is 0 Å². The maximum absolute atomic E-state index is 14.4. The molecule has 0 atom stereocenters. The molecule has 3 aromatic rings. The first-order chi connectivity index (χ1) is 12.9. The Morgan fingerprint density at radius 3 is 2.44 bits per heavy atom. The molecule has 9 heteroatoms. The molecule has 7 nitrogen and oxygen atoms in total. The second kappa shape index (κ2) is 7.37. The number of rotatable bonds is 6. The number of halogens is 1. The maximum atomic E-state index is 14.4. The summed E-state index contributed by atoms with van der Waals surface area (Å²) in [5.74, 6) is -0.292. The molecule has 0 saturated carbocycles. The average molecular weight is 392 g/mol. The normalized spacial score (nSPS) is 11.4. The molecule has 1 aromatic carbocycles. The standard InChI is InChI=1S/C18H17FN2O5S/c1-25-16-8-7-13(9-20-16)27(23,24)21-10-12(11-22)18(26-2)17(21)14-5-3-4-6-15(14)19/h3-10,22H,11H2,1-2H3. The Morgan fingerprint density at radius 1 is 1.15 bits per heavy atom. The molecule has 0 amide bonds. The van der Waals surface area contributed by atoms with Gasteiger partial charge in [-0.05, 0) is 18.2 Å². The van der Waals surface area contributed by atoms with Gasteiger partial charge in [0.05, 0.1) is 27.0 Å². The number of methoxy groups -OCH3 is 2. The molecule has 2 heterocycles. The second-order valence-corrected chi connectivity index (χ2v) is 7.33.